The summed E-state index contributed by atoms with van der Waals surface area (Å²) in [5, 5.41) is 11.6. The van der Waals surface area contributed by atoms with Crippen molar-refractivity contribution in [2.45, 2.75) is 53.1 Å². The van der Waals surface area contributed by atoms with Crippen LogP contribution in [0.4, 0.5) is 0 Å². The summed E-state index contributed by atoms with van der Waals surface area (Å²) >= 11 is 0. The summed E-state index contributed by atoms with van der Waals surface area (Å²) in [6.45, 7) is 10.8. The lowest BCUT2D eigenvalue weighted by Gasteiger charge is -2.06. The average Bonchev–Trinajstić information content (AvgIpc) is 1.85. The zero-order valence-electron chi connectivity index (χ0n) is 8.55. The molecule has 2 nitrogen and oxygen atoms in total. The van der Waals surface area contributed by atoms with E-state index in [4.69, 9.17) is 0 Å². The van der Waals surface area contributed by atoms with Crippen LogP contribution >= 0.6 is 0 Å². The number of hydrogen-bond donors (Lipinski definition) is 1. The predicted molar refractivity (Wildman–Crippen MR) is 47.4 cm³/mol. The zero-order valence-corrected chi connectivity index (χ0v) is 8.55. The van der Waals surface area contributed by atoms with Gasteiger partial charge in [0.15, 0.2) is 0 Å². The summed E-state index contributed by atoms with van der Waals surface area (Å²) in [7, 11) is 0. The van der Waals surface area contributed by atoms with Crippen molar-refractivity contribution in [3.05, 3.63) is 0 Å². The van der Waals surface area contributed by atoms with Gasteiger partial charge in [-0.05, 0) is 27.7 Å². The summed E-state index contributed by atoms with van der Waals surface area (Å²) in [6.07, 6.45) is 0.764. The van der Waals surface area contributed by atoms with Gasteiger partial charge in [-0.25, -0.2) is 0 Å². The van der Waals surface area contributed by atoms with Crippen LogP contribution in [0.3, 0.4) is 0 Å². The van der Waals surface area contributed by atoms with Crippen LogP contribution in [0, 0.1) is 0 Å². The Hall–Kier alpha value is -0.0800. The van der Waals surface area contributed by atoms with E-state index in [-0.39, 0.29) is 6.61 Å². The molecule has 0 atom stereocenters. The van der Waals surface area contributed by atoms with Crippen LogP contribution in [-0.4, -0.2) is 18.7 Å². The first-order valence-corrected chi connectivity index (χ1v) is 4.47. The molecule has 0 aromatic rings. The highest BCUT2D eigenvalue weighted by Gasteiger charge is 1.96. The van der Waals surface area contributed by atoms with Crippen molar-refractivity contribution in [3.63, 3.8) is 0 Å². The van der Waals surface area contributed by atoms with E-state index >= 15 is 0 Å². The van der Waals surface area contributed by atoms with Crippen LogP contribution in [0.2, 0.25) is 0 Å². The van der Waals surface area contributed by atoms with Crippen molar-refractivity contribution in [1.82, 2.24) is 0 Å². The van der Waals surface area contributed by atoms with Crippen molar-refractivity contribution in [1.29, 1.82) is 0 Å². The van der Waals surface area contributed by atoms with Gasteiger partial charge >= 0.3 is 0 Å². The van der Waals surface area contributed by atoms with E-state index in [0.29, 0.717) is 0 Å². The Balaban J connectivity index is 0. The summed E-state index contributed by atoms with van der Waals surface area (Å²) < 4.78 is 0. The van der Waals surface area contributed by atoms with Gasteiger partial charge in [-0.1, -0.05) is 13.3 Å². The van der Waals surface area contributed by atoms with Crippen molar-refractivity contribution in [3.8, 4) is 0 Å². The van der Waals surface area contributed by atoms with Gasteiger partial charge in [-0.3, -0.25) is 0 Å². The molecule has 2 heteroatoms. The van der Waals surface area contributed by atoms with Gasteiger partial charge in [-0.2, -0.15) is 0 Å². The molecule has 0 aromatic heterocycles. The molecule has 0 heterocycles. The highest BCUT2D eigenvalue weighted by molar-refractivity contribution is 4.31. The molecule has 0 unspecified atom stereocenters. The lowest BCUT2D eigenvalue weighted by atomic mass is 10.3. The summed E-state index contributed by atoms with van der Waals surface area (Å²) in [4.78, 5) is 0. The first-order valence-electron chi connectivity index (χ1n) is 4.47. The van der Waals surface area contributed by atoms with Crippen molar-refractivity contribution in [2.75, 3.05) is 6.61 Å². The van der Waals surface area contributed by atoms with E-state index in [1.54, 1.807) is 0 Å². The quantitative estimate of drug-likeness (QED) is 0.627. The molecule has 0 bridgehead atoms. The molecule has 0 radical (unpaired) electrons. The minimum atomic E-state index is 0.0694. The molecule has 0 aromatic carbocycles. The molecule has 0 saturated heterocycles. The van der Waals surface area contributed by atoms with E-state index in [0.717, 1.165) is 18.5 Å². The minimum Gasteiger partial charge on any atom is -0.854 e. The van der Waals surface area contributed by atoms with E-state index in [1.165, 1.54) is 0 Å². The first kappa shape index (κ1) is 13.5. The van der Waals surface area contributed by atoms with Gasteiger partial charge in [0, 0.05) is 0 Å². The molecule has 0 fully saturated rings. The monoisotopic (exact) mass is 161 g/mol. The molecular weight excluding hydrogens is 138 g/mol. The maximum absolute atomic E-state index is 9.30. The largest absolute Gasteiger partial charge is 0.854 e. The predicted octanol–water partition coefficient (Wildman–Crippen LogP) is 0.123. The summed E-state index contributed by atoms with van der Waals surface area (Å²) in [6, 6.07) is 1.50. The summed E-state index contributed by atoms with van der Waals surface area (Å²) in [5.41, 5.74) is 0. The summed E-state index contributed by atoms with van der Waals surface area (Å²) in [5.74, 6) is 0. The molecule has 0 aliphatic carbocycles. The SMILES string of the molecule is CC(C)[NH2+]C(C)C.CCC[O-]. The second-order valence-electron chi connectivity index (χ2n) is 3.38. The van der Waals surface area contributed by atoms with Gasteiger partial charge in [0.25, 0.3) is 0 Å². The molecule has 0 aliphatic heterocycles. The Morgan fingerprint density at radius 3 is 1.36 bits per heavy atom. The Morgan fingerprint density at radius 1 is 1.09 bits per heavy atom. The second-order valence-corrected chi connectivity index (χ2v) is 3.38. The lowest BCUT2D eigenvalue weighted by Crippen LogP contribution is -2.92. The molecule has 0 saturated carbocycles. The number of hydrogen-bond acceptors (Lipinski definition) is 1. The van der Waals surface area contributed by atoms with Gasteiger partial charge in [0.1, 0.15) is 0 Å². The van der Waals surface area contributed by atoms with Gasteiger partial charge < -0.3 is 10.4 Å². The molecule has 0 aliphatic rings. The molecule has 0 spiro atoms. The molecule has 2 N–H and O–H groups in total. The van der Waals surface area contributed by atoms with Crippen LogP contribution in [0.1, 0.15) is 41.0 Å². The second kappa shape index (κ2) is 9.92. The Morgan fingerprint density at radius 2 is 1.36 bits per heavy atom. The van der Waals surface area contributed by atoms with Crippen LogP contribution in [-0.2, 0) is 0 Å². The molecule has 0 amide bonds. The molecule has 11 heavy (non-hydrogen) atoms. The van der Waals surface area contributed by atoms with Gasteiger partial charge in [0.05, 0.1) is 12.1 Å². The van der Waals surface area contributed by atoms with Crippen molar-refractivity contribution in [2.24, 2.45) is 0 Å². The third kappa shape index (κ3) is 25.7. The normalized spacial score (nSPS) is 9.82. The smallest absolute Gasteiger partial charge is 0.0803 e. The Labute approximate surface area is 71.0 Å². The van der Waals surface area contributed by atoms with E-state index < -0.39 is 0 Å². The van der Waals surface area contributed by atoms with E-state index in [2.05, 4.69) is 33.0 Å². The number of rotatable bonds is 3. The fourth-order valence-corrected chi connectivity index (χ4v) is 0.770. The fraction of sp³-hybridized carbons (Fsp3) is 1.00. The number of quaternary nitrogens is 1. The Kier molecular flexibility index (Phi) is 12.2. The van der Waals surface area contributed by atoms with Gasteiger partial charge in [0.2, 0.25) is 0 Å². The fourth-order valence-electron chi connectivity index (χ4n) is 0.770. The lowest BCUT2D eigenvalue weighted by molar-refractivity contribution is -0.709. The van der Waals surface area contributed by atoms with Crippen LogP contribution in [0.15, 0.2) is 0 Å². The third-order valence-electron chi connectivity index (χ3n) is 0.974. The maximum atomic E-state index is 9.30. The third-order valence-corrected chi connectivity index (χ3v) is 0.974. The van der Waals surface area contributed by atoms with E-state index in [1.807, 2.05) is 6.92 Å². The molecule has 70 valence electrons. The van der Waals surface area contributed by atoms with E-state index in [9.17, 15) is 5.11 Å². The van der Waals surface area contributed by atoms with Crippen molar-refractivity contribution >= 4 is 0 Å². The zero-order chi connectivity index (χ0) is 9.28. The maximum Gasteiger partial charge on any atom is 0.0803 e. The highest BCUT2D eigenvalue weighted by atomic mass is 16.2. The van der Waals surface area contributed by atoms with Crippen LogP contribution < -0.4 is 10.4 Å². The minimum absolute atomic E-state index is 0.0694. The average molecular weight is 161 g/mol. The Bertz CT molecular complexity index is 54.6. The van der Waals surface area contributed by atoms with Crippen LogP contribution in [0.5, 0.6) is 0 Å². The molecule has 0 rings (SSSR count). The first-order chi connectivity index (χ1) is 5.04. The topological polar surface area (TPSA) is 39.7 Å². The molecular formula is C9H23NO. The number of nitrogens with two attached hydrogens (primary N) is 1. The van der Waals surface area contributed by atoms with Crippen molar-refractivity contribution < 1.29 is 10.4 Å². The van der Waals surface area contributed by atoms with Gasteiger partial charge in [-0.15, -0.1) is 6.61 Å². The standard InChI is InChI=1S/C6H15N.C3H7O/c1-5(2)7-6(3)4;1-2-3-4/h5-7H,1-4H3;2-3H2,1H3/q;-1/p+1. The van der Waals surface area contributed by atoms with Crippen LogP contribution in [0.25, 0.3) is 0 Å². The highest BCUT2D eigenvalue weighted by Crippen LogP contribution is 1.67.